The molecule has 5 nitrogen and oxygen atoms in total. The average molecular weight is 375 g/mol. The first kappa shape index (κ1) is 17.2. The lowest BCUT2D eigenvalue weighted by Crippen LogP contribution is -2.47. The number of hydrogen-bond donors (Lipinski definition) is 0. The second kappa shape index (κ2) is 6.70. The molecule has 0 fully saturated rings. The molecule has 0 bridgehead atoms. The average Bonchev–Trinajstić information content (AvgIpc) is 2.57. The van der Waals surface area contributed by atoms with Gasteiger partial charge < -0.3 is 9.90 Å². The van der Waals surface area contributed by atoms with E-state index in [9.17, 15) is 19.5 Å². The summed E-state index contributed by atoms with van der Waals surface area (Å²) in [4.78, 5) is 36.7. The topological polar surface area (TPSA) is 77.5 Å². The van der Waals surface area contributed by atoms with Gasteiger partial charge in [0.15, 0.2) is 0 Å². The number of hydrogen-bond acceptors (Lipinski definition) is 4. The van der Waals surface area contributed by atoms with Crippen molar-refractivity contribution in [2.75, 3.05) is 6.54 Å². The minimum absolute atomic E-state index is 0.167. The molecule has 0 unspecified atom stereocenters. The standard InChI is InChI=1S/C18H11Cl2NO4/c19-11-6-5-10(15(20)8-11)7-14-12-3-1-2-4-13(12)17(24)21(18(14)25)9-16(22)23/h1-8H,9H2,(H,22,23)/p-1/b14-7-. The van der Waals surface area contributed by atoms with Crippen molar-refractivity contribution >= 4 is 52.6 Å². The van der Waals surface area contributed by atoms with E-state index in [0.717, 1.165) is 0 Å². The van der Waals surface area contributed by atoms with E-state index < -0.39 is 24.3 Å². The van der Waals surface area contributed by atoms with Gasteiger partial charge in [0.2, 0.25) is 0 Å². The summed E-state index contributed by atoms with van der Waals surface area (Å²) >= 11 is 12.0. The maximum Gasteiger partial charge on any atom is 0.261 e. The summed E-state index contributed by atoms with van der Waals surface area (Å²) in [5.74, 6) is -2.92. The molecule has 2 aromatic rings. The van der Waals surface area contributed by atoms with E-state index in [1.165, 1.54) is 18.2 Å². The first-order chi connectivity index (χ1) is 11.9. The van der Waals surface area contributed by atoms with Gasteiger partial charge in [-0.3, -0.25) is 14.5 Å². The van der Waals surface area contributed by atoms with Gasteiger partial charge in [-0.15, -0.1) is 0 Å². The fourth-order valence-electron chi connectivity index (χ4n) is 2.59. The third-order valence-electron chi connectivity index (χ3n) is 3.72. The van der Waals surface area contributed by atoms with Crippen LogP contribution in [0.25, 0.3) is 11.6 Å². The van der Waals surface area contributed by atoms with Crippen molar-refractivity contribution in [3.8, 4) is 0 Å². The largest absolute Gasteiger partial charge is 0.548 e. The molecule has 1 aliphatic rings. The highest BCUT2D eigenvalue weighted by molar-refractivity contribution is 6.37. The summed E-state index contributed by atoms with van der Waals surface area (Å²) < 4.78 is 0. The number of rotatable bonds is 3. The van der Waals surface area contributed by atoms with Crippen LogP contribution in [0.2, 0.25) is 10.0 Å². The number of nitrogens with zero attached hydrogens (tertiary/aromatic N) is 1. The van der Waals surface area contributed by atoms with E-state index >= 15 is 0 Å². The van der Waals surface area contributed by atoms with Crippen LogP contribution in [0.5, 0.6) is 0 Å². The Hall–Kier alpha value is -2.63. The summed E-state index contributed by atoms with van der Waals surface area (Å²) in [6, 6.07) is 11.2. The van der Waals surface area contributed by atoms with Crippen molar-refractivity contribution in [2.24, 2.45) is 0 Å². The van der Waals surface area contributed by atoms with Crippen LogP contribution in [-0.2, 0) is 9.59 Å². The molecule has 0 aliphatic carbocycles. The maximum absolute atomic E-state index is 12.7. The van der Waals surface area contributed by atoms with Crippen LogP contribution in [0, 0.1) is 0 Å². The normalized spacial score (nSPS) is 15.4. The Balaban J connectivity index is 2.18. The number of carbonyl (C=O) groups is 3. The summed E-state index contributed by atoms with van der Waals surface area (Å²) in [5, 5.41) is 11.7. The predicted molar refractivity (Wildman–Crippen MR) is 91.8 cm³/mol. The fraction of sp³-hybridized carbons (Fsp3) is 0.0556. The first-order valence-corrected chi connectivity index (χ1v) is 7.96. The molecule has 7 heteroatoms. The minimum atomic E-state index is -1.52. The molecular weight excluding hydrogens is 365 g/mol. The lowest BCUT2D eigenvalue weighted by molar-refractivity contribution is -0.305. The van der Waals surface area contributed by atoms with Crippen LogP contribution < -0.4 is 5.11 Å². The number of benzene rings is 2. The van der Waals surface area contributed by atoms with Gasteiger partial charge in [0.1, 0.15) is 0 Å². The SMILES string of the molecule is O=C([O-])CN1C(=O)/C(=C\c2ccc(Cl)cc2Cl)c2ccccc2C1=O. The molecule has 1 aliphatic heterocycles. The number of carboxylic acid groups (broad SMARTS) is 1. The molecule has 2 aromatic carbocycles. The zero-order valence-electron chi connectivity index (χ0n) is 12.7. The third-order valence-corrected chi connectivity index (χ3v) is 4.28. The number of halogens is 2. The number of imide groups is 1. The Morgan fingerprint density at radius 3 is 2.36 bits per heavy atom. The Kier molecular flexibility index (Phi) is 4.61. The van der Waals surface area contributed by atoms with Crippen molar-refractivity contribution in [3.63, 3.8) is 0 Å². The molecule has 0 spiro atoms. The number of aliphatic carboxylic acids is 1. The van der Waals surface area contributed by atoms with Gasteiger partial charge in [-0.05, 0) is 35.4 Å². The third kappa shape index (κ3) is 3.29. The quantitative estimate of drug-likeness (QED) is 0.609. The predicted octanol–water partition coefficient (Wildman–Crippen LogP) is 2.27. The van der Waals surface area contributed by atoms with Crippen molar-refractivity contribution in [2.45, 2.75) is 0 Å². The maximum atomic E-state index is 12.7. The Bertz CT molecular complexity index is 936. The molecule has 126 valence electrons. The summed E-state index contributed by atoms with van der Waals surface area (Å²) in [7, 11) is 0. The van der Waals surface area contributed by atoms with Crippen LogP contribution in [0.1, 0.15) is 21.5 Å². The Morgan fingerprint density at radius 1 is 1.04 bits per heavy atom. The lowest BCUT2D eigenvalue weighted by atomic mass is 9.92. The minimum Gasteiger partial charge on any atom is -0.548 e. The molecule has 2 amide bonds. The molecule has 3 rings (SSSR count). The number of amides is 2. The van der Waals surface area contributed by atoms with Crippen LogP contribution in [0.3, 0.4) is 0 Å². The molecule has 25 heavy (non-hydrogen) atoms. The van der Waals surface area contributed by atoms with E-state index in [2.05, 4.69) is 0 Å². The smallest absolute Gasteiger partial charge is 0.261 e. The van der Waals surface area contributed by atoms with Crippen molar-refractivity contribution < 1.29 is 19.5 Å². The molecule has 0 saturated heterocycles. The molecule has 0 saturated carbocycles. The van der Waals surface area contributed by atoms with Gasteiger partial charge in [0, 0.05) is 21.2 Å². The van der Waals surface area contributed by atoms with Crippen molar-refractivity contribution in [1.29, 1.82) is 0 Å². The second-order valence-electron chi connectivity index (χ2n) is 5.34. The van der Waals surface area contributed by atoms with Crippen LogP contribution in [-0.4, -0.2) is 29.2 Å². The highest BCUT2D eigenvalue weighted by Gasteiger charge is 2.34. The van der Waals surface area contributed by atoms with E-state index in [1.54, 1.807) is 30.3 Å². The highest BCUT2D eigenvalue weighted by atomic mass is 35.5. The summed E-state index contributed by atoms with van der Waals surface area (Å²) in [5.41, 5.74) is 1.34. The summed E-state index contributed by atoms with van der Waals surface area (Å²) in [6.07, 6.45) is 1.51. The molecule has 1 heterocycles. The van der Waals surface area contributed by atoms with Crippen LogP contribution in [0.4, 0.5) is 0 Å². The van der Waals surface area contributed by atoms with Gasteiger partial charge in [0.05, 0.1) is 12.5 Å². The van der Waals surface area contributed by atoms with E-state index in [1.807, 2.05) is 0 Å². The van der Waals surface area contributed by atoms with Crippen LogP contribution >= 0.6 is 23.2 Å². The molecule has 0 atom stereocenters. The van der Waals surface area contributed by atoms with E-state index in [-0.39, 0.29) is 11.1 Å². The van der Waals surface area contributed by atoms with E-state index in [4.69, 9.17) is 23.2 Å². The van der Waals surface area contributed by atoms with Gasteiger partial charge in [-0.2, -0.15) is 0 Å². The van der Waals surface area contributed by atoms with Crippen molar-refractivity contribution in [1.82, 2.24) is 4.90 Å². The Labute approximate surface area is 153 Å². The number of fused-ring (bicyclic) bond motifs is 1. The van der Waals surface area contributed by atoms with Gasteiger partial charge in [0.25, 0.3) is 11.8 Å². The fourth-order valence-corrected chi connectivity index (χ4v) is 3.05. The van der Waals surface area contributed by atoms with Gasteiger partial charge in [-0.25, -0.2) is 0 Å². The van der Waals surface area contributed by atoms with Crippen LogP contribution in [0.15, 0.2) is 42.5 Å². The van der Waals surface area contributed by atoms with Gasteiger partial charge in [-0.1, -0.05) is 47.5 Å². The second-order valence-corrected chi connectivity index (χ2v) is 6.18. The zero-order valence-corrected chi connectivity index (χ0v) is 14.2. The first-order valence-electron chi connectivity index (χ1n) is 7.20. The van der Waals surface area contributed by atoms with E-state index in [0.29, 0.717) is 26.1 Å². The molecule has 0 radical (unpaired) electrons. The molecule has 0 aromatic heterocycles. The highest BCUT2D eigenvalue weighted by Crippen LogP contribution is 2.32. The monoisotopic (exact) mass is 374 g/mol. The Morgan fingerprint density at radius 2 is 1.72 bits per heavy atom. The molecular formula is C18H10Cl2NO4-. The van der Waals surface area contributed by atoms with Crippen molar-refractivity contribution in [3.05, 3.63) is 69.2 Å². The number of carbonyl (C=O) groups excluding carboxylic acids is 3. The van der Waals surface area contributed by atoms with Gasteiger partial charge >= 0.3 is 0 Å². The lowest BCUT2D eigenvalue weighted by Gasteiger charge is -2.28. The zero-order chi connectivity index (χ0) is 18.1. The number of carboxylic acids is 1. The molecule has 0 N–H and O–H groups in total. The summed E-state index contributed by atoms with van der Waals surface area (Å²) in [6.45, 7) is -0.822.